The number of rotatable bonds is 5. The zero-order valence-electron chi connectivity index (χ0n) is 12.3. The van der Waals surface area contributed by atoms with E-state index in [1.54, 1.807) is 0 Å². The normalized spacial score (nSPS) is 17.1. The van der Waals surface area contributed by atoms with Gasteiger partial charge in [0.25, 0.3) is 0 Å². The molecule has 2 heteroatoms. The summed E-state index contributed by atoms with van der Waals surface area (Å²) in [7, 11) is 0. The second-order valence-corrected chi connectivity index (χ2v) is 6.35. The minimum Gasteiger partial charge on any atom is -0.330 e. The maximum Gasteiger partial charge on any atom is 0.0205 e. The molecule has 1 aliphatic carbocycles. The SMILES string of the molecule is Cc1ccc2cc(CNCC3(CN)CCC3)ccc2c1. The Morgan fingerprint density at radius 1 is 1.10 bits per heavy atom. The fraction of sp³-hybridized carbons (Fsp3) is 0.444. The van der Waals surface area contributed by atoms with Crippen molar-refractivity contribution in [2.45, 2.75) is 32.7 Å². The van der Waals surface area contributed by atoms with Gasteiger partial charge in [-0.1, -0.05) is 42.3 Å². The predicted octanol–water partition coefficient (Wildman–Crippen LogP) is 3.37. The Morgan fingerprint density at radius 3 is 2.55 bits per heavy atom. The van der Waals surface area contributed by atoms with E-state index in [4.69, 9.17) is 5.73 Å². The Labute approximate surface area is 121 Å². The van der Waals surface area contributed by atoms with Gasteiger partial charge in [-0.15, -0.1) is 0 Å². The summed E-state index contributed by atoms with van der Waals surface area (Å²) >= 11 is 0. The van der Waals surface area contributed by atoms with Crippen LogP contribution in [0.3, 0.4) is 0 Å². The summed E-state index contributed by atoms with van der Waals surface area (Å²) in [5.74, 6) is 0. The highest BCUT2D eigenvalue weighted by molar-refractivity contribution is 5.83. The zero-order valence-corrected chi connectivity index (χ0v) is 12.3. The molecular formula is C18H24N2. The Balaban J connectivity index is 1.64. The minimum atomic E-state index is 0.383. The third-order valence-corrected chi connectivity index (χ3v) is 4.74. The zero-order chi connectivity index (χ0) is 14.0. The number of fused-ring (bicyclic) bond motifs is 1. The first kappa shape index (κ1) is 13.6. The van der Waals surface area contributed by atoms with Gasteiger partial charge in [0.1, 0.15) is 0 Å². The van der Waals surface area contributed by atoms with Gasteiger partial charge in [-0.25, -0.2) is 0 Å². The number of hydrogen-bond donors (Lipinski definition) is 2. The first-order chi connectivity index (χ1) is 9.71. The molecule has 0 heterocycles. The molecule has 2 aromatic carbocycles. The lowest BCUT2D eigenvalue weighted by Gasteiger charge is -2.41. The molecule has 0 radical (unpaired) electrons. The summed E-state index contributed by atoms with van der Waals surface area (Å²) in [5.41, 5.74) is 8.95. The van der Waals surface area contributed by atoms with Crippen LogP contribution in [0.15, 0.2) is 36.4 Å². The number of nitrogens with two attached hydrogens (primary N) is 1. The van der Waals surface area contributed by atoms with Gasteiger partial charge < -0.3 is 11.1 Å². The van der Waals surface area contributed by atoms with E-state index in [1.165, 1.54) is 41.2 Å². The van der Waals surface area contributed by atoms with Crippen LogP contribution in [0.25, 0.3) is 10.8 Å². The molecule has 3 N–H and O–H groups in total. The van der Waals surface area contributed by atoms with E-state index in [-0.39, 0.29) is 0 Å². The van der Waals surface area contributed by atoms with Crippen LogP contribution in [0.4, 0.5) is 0 Å². The van der Waals surface area contributed by atoms with Gasteiger partial charge in [0.05, 0.1) is 0 Å². The van der Waals surface area contributed by atoms with Crippen molar-refractivity contribution in [1.29, 1.82) is 0 Å². The third kappa shape index (κ3) is 2.72. The standard InChI is InChI=1S/C18H24N2/c1-14-3-5-17-10-15(4-6-16(17)9-14)11-20-13-18(12-19)7-2-8-18/h3-6,9-10,20H,2,7-8,11-13,19H2,1H3. The van der Waals surface area contributed by atoms with Gasteiger partial charge in [-0.2, -0.15) is 0 Å². The molecule has 1 aliphatic rings. The fourth-order valence-electron chi connectivity index (χ4n) is 3.13. The molecule has 3 rings (SSSR count). The number of benzene rings is 2. The van der Waals surface area contributed by atoms with E-state index >= 15 is 0 Å². The van der Waals surface area contributed by atoms with Gasteiger partial charge in [-0.05, 0) is 54.1 Å². The first-order valence-electron chi connectivity index (χ1n) is 7.61. The van der Waals surface area contributed by atoms with Gasteiger partial charge >= 0.3 is 0 Å². The van der Waals surface area contributed by atoms with Crippen LogP contribution in [0.5, 0.6) is 0 Å². The lowest BCUT2D eigenvalue weighted by Crippen LogP contribution is -2.45. The predicted molar refractivity (Wildman–Crippen MR) is 85.7 cm³/mol. The Morgan fingerprint density at radius 2 is 1.85 bits per heavy atom. The van der Waals surface area contributed by atoms with Crippen LogP contribution in [-0.4, -0.2) is 13.1 Å². The van der Waals surface area contributed by atoms with Crippen LogP contribution in [0.1, 0.15) is 30.4 Å². The molecule has 2 aromatic rings. The largest absolute Gasteiger partial charge is 0.330 e. The van der Waals surface area contributed by atoms with Crippen molar-refractivity contribution in [3.05, 3.63) is 47.5 Å². The second-order valence-electron chi connectivity index (χ2n) is 6.35. The Kier molecular flexibility index (Phi) is 3.77. The molecule has 0 amide bonds. The van der Waals surface area contributed by atoms with Crippen LogP contribution in [-0.2, 0) is 6.54 Å². The molecule has 0 spiro atoms. The van der Waals surface area contributed by atoms with Crippen molar-refractivity contribution in [2.75, 3.05) is 13.1 Å². The van der Waals surface area contributed by atoms with Crippen molar-refractivity contribution in [1.82, 2.24) is 5.32 Å². The molecule has 0 unspecified atom stereocenters. The highest BCUT2D eigenvalue weighted by Crippen LogP contribution is 2.39. The van der Waals surface area contributed by atoms with Crippen molar-refractivity contribution in [3.8, 4) is 0 Å². The van der Waals surface area contributed by atoms with E-state index in [9.17, 15) is 0 Å². The quantitative estimate of drug-likeness (QED) is 0.872. The summed E-state index contributed by atoms with van der Waals surface area (Å²) < 4.78 is 0. The monoisotopic (exact) mass is 268 g/mol. The molecule has 1 fully saturated rings. The van der Waals surface area contributed by atoms with Crippen molar-refractivity contribution >= 4 is 10.8 Å². The van der Waals surface area contributed by atoms with Crippen molar-refractivity contribution < 1.29 is 0 Å². The highest BCUT2D eigenvalue weighted by Gasteiger charge is 2.34. The molecular weight excluding hydrogens is 244 g/mol. The molecule has 20 heavy (non-hydrogen) atoms. The number of aryl methyl sites for hydroxylation is 1. The summed E-state index contributed by atoms with van der Waals surface area (Å²) in [4.78, 5) is 0. The summed E-state index contributed by atoms with van der Waals surface area (Å²) in [6, 6.07) is 13.4. The summed E-state index contributed by atoms with van der Waals surface area (Å²) in [6.07, 6.45) is 3.91. The topological polar surface area (TPSA) is 38.0 Å². The number of nitrogens with one attached hydrogen (secondary N) is 1. The Hall–Kier alpha value is -1.38. The number of hydrogen-bond acceptors (Lipinski definition) is 2. The summed E-state index contributed by atoms with van der Waals surface area (Å²) in [6.45, 7) is 4.94. The lowest BCUT2D eigenvalue weighted by atomic mass is 9.69. The maximum atomic E-state index is 5.90. The average Bonchev–Trinajstić information content (AvgIpc) is 2.42. The molecule has 0 atom stereocenters. The summed E-state index contributed by atoms with van der Waals surface area (Å²) in [5, 5.41) is 6.24. The van der Waals surface area contributed by atoms with Gasteiger partial charge in [0.2, 0.25) is 0 Å². The first-order valence-corrected chi connectivity index (χ1v) is 7.61. The van der Waals surface area contributed by atoms with E-state index < -0.39 is 0 Å². The van der Waals surface area contributed by atoms with E-state index in [1.807, 2.05) is 0 Å². The van der Waals surface area contributed by atoms with Gasteiger partial charge in [-0.3, -0.25) is 0 Å². The van der Waals surface area contributed by atoms with Gasteiger partial charge in [0.15, 0.2) is 0 Å². The molecule has 2 nitrogen and oxygen atoms in total. The molecule has 0 bridgehead atoms. The molecule has 0 aliphatic heterocycles. The molecule has 1 saturated carbocycles. The fourth-order valence-corrected chi connectivity index (χ4v) is 3.13. The third-order valence-electron chi connectivity index (χ3n) is 4.74. The Bertz CT molecular complexity index is 594. The smallest absolute Gasteiger partial charge is 0.0205 e. The molecule has 106 valence electrons. The van der Waals surface area contributed by atoms with Crippen LogP contribution >= 0.6 is 0 Å². The second kappa shape index (κ2) is 5.55. The maximum absolute atomic E-state index is 5.90. The lowest BCUT2D eigenvalue weighted by molar-refractivity contribution is 0.141. The van der Waals surface area contributed by atoms with Crippen LogP contribution in [0.2, 0.25) is 0 Å². The molecule has 0 saturated heterocycles. The van der Waals surface area contributed by atoms with Crippen LogP contribution in [0, 0.1) is 12.3 Å². The van der Waals surface area contributed by atoms with E-state index in [2.05, 4.69) is 48.6 Å². The van der Waals surface area contributed by atoms with Crippen LogP contribution < -0.4 is 11.1 Å². The van der Waals surface area contributed by atoms with E-state index in [0.717, 1.165) is 19.6 Å². The average molecular weight is 268 g/mol. The van der Waals surface area contributed by atoms with Crippen molar-refractivity contribution in [2.24, 2.45) is 11.1 Å². The minimum absolute atomic E-state index is 0.383. The molecule has 0 aromatic heterocycles. The van der Waals surface area contributed by atoms with Crippen molar-refractivity contribution in [3.63, 3.8) is 0 Å². The van der Waals surface area contributed by atoms with E-state index in [0.29, 0.717) is 5.41 Å². The highest BCUT2D eigenvalue weighted by atomic mass is 14.9. The van der Waals surface area contributed by atoms with Gasteiger partial charge in [0, 0.05) is 13.1 Å².